The summed E-state index contributed by atoms with van der Waals surface area (Å²) in [5.74, 6) is 0.692. The molecule has 2 aromatic heterocycles. The van der Waals surface area contributed by atoms with Crippen LogP contribution in [-0.2, 0) is 10.0 Å². The van der Waals surface area contributed by atoms with Gasteiger partial charge in [0.15, 0.2) is 5.65 Å². The molecule has 2 N–H and O–H groups in total. The molecule has 0 aliphatic carbocycles. The minimum atomic E-state index is -3.84. The number of aromatic nitrogens is 3. The fraction of sp³-hybridized carbons (Fsp3) is 0.143. The molecule has 33 heavy (non-hydrogen) atoms. The molecule has 7 nitrogen and oxygen atoms in total. The van der Waals surface area contributed by atoms with Gasteiger partial charge in [0, 0.05) is 29.7 Å². The average Bonchev–Trinajstić information content (AvgIpc) is 3.14. The van der Waals surface area contributed by atoms with Crippen molar-refractivity contribution >= 4 is 72.2 Å². The Kier molecular flexibility index (Phi) is 7.47. The quantitative estimate of drug-likeness (QED) is 0.250. The van der Waals surface area contributed by atoms with Crippen LogP contribution in [-0.4, -0.2) is 36.1 Å². The molecule has 2 aromatic carbocycles. The van der Waals surface area contributed by atoms with Crippen molar-refractivity contribution < 1.29 is 8.42 Å². The first-order valence-corrected chi connectivity index (χ1v) is 13.2. The van der Waals surface area contributed by atoms with Crippen LogP contribution in [0.5, 0.6) is 0 Å². The van der Waals surface area contributed by atoms with Crippen molar-refractivity contribution in [3.05, 3.63) is 74.3 Å². The van der Waals surface area contributed by atoms with Gasteiger partial charge in [-0.3, -0.25) is 0 Å². The summed E-state index contributed by atoms with van der Waals surface area (Å²) in [5.41, 5.74) is 2.11. The van der Waals surface area contributed by atoms with E-state index in [1.807, 2.05) is 24.3 Å². The number of hydrogen-bond donors (Lipinski definition) is 2. The number of anilines is 1. The van der Waals surface area contributed by atoms with Gasteiger partial charge >= 0.3 is 0 Å². The summed E-state index contributed by atoms with van der Waals surface area (Å²) in [6, 6.07) is 13.9. The van der Waals surface area contributed by atoms with Crippen LogP contribution in [0.3, 0.4) is 0 Å². The SMILES string of the molecule is O=S(=O)(NCCCNc1cc(-c2ccccc2Cl)nc2c(Br)cnn12)c1c(Cl)cccc1Cl. The topological polar surface area (TPSA) is 88.4 Å². The van der Waals surface area contributed by atoms with E-state index in [4.69, 9.17) is 34.8 Å². The number of sulfonamides is 1. The molecule has 0 aliphatic rings. The van der Waals surface area contributed by atoms with E-state index in [0.717, 1.165) is 10.0 Å². The lowest BCUT2D eigenvalue weighted by atomic mass is 10.1. The first-order chi connectivity index (χ1) is 15.8. The van der Waals surface area contributed by atoms with Crippen LogP contribution in [0, 0.1) is 0 Å². The van der Waals surface area contributed by atoms with Gasteiger partial charge in [-0.1, -0.05) is 59.1 Å². The Bertz CT molecular complexity index is 1410. The maximum Gasteiger partial charge on any atom is 0.243 e. The van der Waals surface area contributed by atoms with Gasteiger partial charge in [0.1, 0.15) is 10.7 Å². The van der Waals surface area contributed by atoms with Gasteiger partial charge in [0.2, 0.25) is 10.0 Å². The molecule has 0 fully saturated rings. The van der Waals surface area contributed by atoms with Crippen molar-refractivity contribution in [1.29, 1.82) is 0 Å². The molecular formula is C21H17BrCl3N5O2S. The summed E-state index contributed by atoms with van der Waals surface area (Å²) in [4.78, 5) is 4.54. The van der Waals surface area contributed by atoms with Crippen LogP contribution in [0.25, 0.3) is 16.9 Å². The first-order valence-electron chi connectivity index (χ1n) is 9.74. The van der Waals surface area contributed by atoms with Crippen LogP contribution in [0.15, 0.2) is 64.1 Å². The van der Waals surface area contributed by atoms with Crippen LogP contribution in [0.1, 0.15) is 6.42 Å². The third-order valence-electron chi connectivity index (χ3n) is 4.72. The zero-order valence-corrected chi connectivity index (χ0v) is 21.6. The predicted octanol–water partition coefficient (Wildman–Crippen LogP) is 5.90. The van der Waals surface area contributed by atoms with E-state index in [9.17, 15) is 8.42 Å². The zero-order chi connectivity index (χ0) is 23.6. The van der Waals surface area contributed by atoms with Crippen molar-refractivity contribution in [3.8, 4) is 11.3 Å². The molecular weight excluding hydrogens is 573 g/mol. The second-order valence-corrected chi connectivity index (χ2v) is 10.7. The molecule has 0 radical (unpaired) electrons. The van der Waals surface area contributed by atoms with E-state index in [-0.39, 0.29) is 21.5 Å². The number of benzene rings is 2. The molecule has 0 saturated heterocycles. The number of rotatable bonds is 8. The summed E-state index contributed by atoms with van der Waals surface area (Å²) >= 11 is 21.9. The Morgan fingerprint density at radius 2 is 1.67 bits per heavy atom. The van der Waals surface area contributed by atoms with Gasteiger partial charge in [-0.15, -0.1) is 0 Å². The van der Waals surface area contributed by atoms with Gasteiger partial charge in [-0.2, -0.15) is 9.61 Å². The smallest absolute Gasteiger partial charge is 0.243 e. The maximum absolute atomic E-state index is 12.6. The van der Waals surface area contributed by atoms with Gasteiger partial charge in [0.25, 0.3) is 0 Å². The van der Waals surface area contributed by atoms with Crippen LogP contribution >= 0.6 is 50.7 Å². The van der Waals surface area contributed by atoms with Crippen molar-refractivity contribution in [2.75, 3.05) is 18.4 Å². The van der Waals surface area contributed by atoms with Crippen LogP contribution in [0.2, 0.25) is 15.1 Å². The molecule has 4 aromatic rings. The van der Waals surface area contributed by atoms with Crippen molar-refractivity contribution in [1.82, 2.24) is 19.3 Å². The lowest BCUT2D eigenvalue weighted by Crippen LogP contribution is -2.26. The standard InChI is InChI=1S/C21H17BrCl3N5O2S/c22-14-12-27-30-19(11-18(29-21(14)30)13-5-1-2-6-15(13)23)26-9-4-10-28-33(31,32)20-16(24)7-3-8-17(20)25/h1-3,5-8,11-12,26,28H,4,9-10H2. The van der Waals surface area contributed by atoms with Gasteiger partial charge < -0.3 is 5.32 Å². The molecule has 0 unspecified atom stereocenters. The molecule has 4 rings (SSSR count). The maximum atomic E-state index is 12.6. The van der Waals surface area contributed by atoms with E-state index in [2.05, 4.69) is 36.1 Å². The fourth-order valence-corrected chi connectivity index (χ4v) is 5.99. The lowest BCUT2D eigenvalue weighted by molar-refractivity contribution is 0.580. The Labute approximate surface area is 214 Å². The predicted molar refractivity (Wildman–Crippen MR) is 136 cm³/mol. The normalized spacial score (nSPS) is 11.8. The molecule has 0 saturated carbocycles. The minimum Gasteiger partial charge on any atom is -0.370 e. The Balaban J connectivity index is 1.47. The second-order valence-electron chi connectivity index (χ2n) is 6.96. The molecule has 0 bridgehead atoms. The Hall–Kier alpha value is -1.88. The van der Waals surface area contributed by atoms with E-state index in [0.29, 0.717) is 35.1 Å². The summed E-state index contributed by atoms with van der Waals surface area (Å²) in [6.07, 6.45) is 2.15. The summed E-state index contributed by atoms with van der Waals surface area (Å²) in [6.45, 7) is 0.655. The first kappa shape index (κ1) is 24.3. The highest BCUT2D eigenvalue weighted by Gasteiger charge is 2.21. The van der Waals surface area contributed by atoms with Crippen LogP contribution in [0.4, 0.5) is 5.82 Å². The van der Waals surface area contributed by atoms with Gasteiger partial charge in [-0.25, -0.2) is 18.1 Å². The highest BCUT2D eigenvalue weighted by molar-refractivity contribution is 9.10. The summed E-state index contributed by atoms with van der Waals surface area (Å²) < 4.78 is 30.1. The van der Waals surface area contributed by atoms with Crippen molar-refractivity contribution in [2.45, 2.75) is 11.3 Å². The van der Waals surface area contributed by atoms with E-state index < -0.39 is 10.0 Å². The molecule has 172 valence electrons. The third kappa shape index (κ3) is 5.29. The highest BCUT2D eigenvalue weighted by Crippen LogP contribution is 2.31. The van der Waals surface area contributed by atoms with Gasteiger partial charge in [0.05, 0.1) is 26.4 Å². The van der Waals surface area contributed by atoms with Crippen molar-refractivity contribution in [3.63, 3.8) is 0 Å². The molecule has 0 spiro atoms. The molecule has 0 amide bonds. The highest BCUT2D eigenvalue weighted by atomic mass is 79.9. The molecule has 2 heterocycles. The largest absolute Gasteiger partial charge is 0.370 e. The van der Waals surface area contributed by atoms with Crippen molar-refractivity contribution in [2.24, 2.45) is 0 Å². The van der Waals surface area contributed by atoms with E-state index in [1.54, 1.807) is 22.8 Å². The van der Waals surface area contributed by atoms with E-state index >= 15 is 0 Å². The second kappa shape index (κ2) is 10.2. The number of hydrogen-bond acceptors (Lipinski definition) is 5. The number of nitrogens with zero attached hydrogens (tertiary/aromatic N) is 3. The number of fused-ring (bicyclic) bond motifs is 1. The average molecular weight is 590 g/mol. The lowest BCUT2D eigenvalue weighted by Gasteiger charge is -2.12. The summed E-state index contributed by atoms with van der Waals surface area (Å²) in [7, 11) is -3.84. The minimum absolute atomic E-state index is 0.0728. The zero-order valence-electron chi connectivity index (χ0n) is 16.9. The Morgan fingerprint density at radius 3 is 2.39 bits per heavy atom. The summed E-state index contributed by atoms with van der Waals surface area (Å²) in [5, 5.41) is 8.36. The molecule has 0 atom stereocenters. The monoisotopic (exact) mass is 587 g/mol. The number of halogens is 4. The van der Waals surface area contributed by atoms with E-state index in [1.165, 1.54) is 12.1 Å². The molecule has 0 aliphatic heterocycles. The Morgan fingerprint density at radius 1 is 0.970 bits per heavy atom. The fourth-order valence-electron chi connectivity index (χ4n) is 3.19. The van der Waals surface area contributed by atoms with Crippen LogP contribution < -0.4 is 10.0 Å². The number of nitrogens with one attached hydrogen (secondary N) is 2. The third-order valence-corrected chi connectivity index (χ3v) is 8.02. The van der Waals surface area contributed by atoms with Gasteiger partial charge in [-0.05, 0) is 40.5 Å². The molecule has 12 heteroatoms.